The quantitative estimate of drug-likeness (QED) is 0.0933. The summed E-state index contributed by atoms with van der Waals surface area (Å²) in [6.45, 7) is 24.8. The van der Waals surface area contributed by atoms with Crippen LogP contribution in [0, 0.1) is 11.8 Å². The van der Waals surface area contributed by atoms with Gasteiger partial charge >= 0.3 is 5.97 Å². The second-order valence-electron chi connectivity index (χ2n) is 12.2. The minimum atomic E-state index is -2.10. The summed E-state index contributed by atoms with van der Waals surface area (Å²) in [4.78, 5) is 12.9. The van der Waals surface area contributed by atoms with E-state index in [1.807, 2.05) is 25.1 Å². The van der Waals surface area contributed by atoms with Gasteiger partial charge in [0.05, 0.1) is 22.7 Å². The number of carbonyl (C=O) groups excluding carboxylic acids is 1. The van der Waals surface area contributed by atoms with Crippen LogP contribution in [0.15, 0.2) is 30.3 Å². The lowest BCUT2D eigenvalue weighted by atomic mass is 9.98. The van der Waals surface area contributed by atoms with Gasteiger partial charge in [0.15, 0.2) is 22.2 Å². The molecule has 0 saturated heterocycles. The first-order chi connectivity index (χ1) is 15.3. The molecule has 0 aliphatic heterocycles. The van der Waals surface area contributed by atoms with Crippen LogP contribution < -0.4 is 0 Å². The molecule has 4 nitrogen and oxygen atoms in total. The molecule has 0 fully saturated rings. The van der Waals surface area contributed by atoms with Gasteiger partial charge in [-0.05, 0) is 55.3 Å². The second kappa shape index (κ2) is 12.0. The Balaban J connectivity index is 3.27. The van der Waals surface area contributed by atoms with E-state index < -0.39 is 22.2 Å². The van der Waals surface area contributed by atoms with Crippen molar-refractivity contribution >= 4 is 45.2 Å². The molecule has 1 aromatic carbocycles. The molecular formula is C27H45IO4Si2. The Labute approximate surface area is 224 Å². The SMILES string of the molecule is CC(C#CCI)(C[C@@H](CO[Si](C)(C)C(C)(C)C)O[Si](C)(C)C(C)(C)C)OC(=O)c1ccccc1. The lowest BCUT2D eigenvalue weighted by molar-refractivity contribution is -0.0114. The van der Waals surface area contributed by atoms with Crippen molar-refractivity contribution in [2.75, 3.05) is 11.0 Å². The van der Waals surface area contributed by atoms with Crippen molar-refractivity contribution in [3.05, 3.63) is 35.9 Å². The van der Waals surface area contributed by atoms with Gasteiger partial charge in [0, 0.05) is 6.42 Å². The van der Waals surface area contributed by atoms with E-state index in [0.717, 1.165) is 0 Å². The van der Waals surface area contributed by atoms with Crippen molar-refractivity contribution in [2.24, 2.45) is 0 Å². The highest BCUT2D eigenvalue weighted by molar-refractivity contribution is 14.1. The number of halogens is 1. The van der Waals surface area contributed by atoms with Crippen LogP contribution in [0.3, 0.4) is 0 Å². The van der Waals surface area contributed by atoms with Crippen LogP contribution in [0.4, 0.5) is 0 Å². The summed E-state index contributed by atoms with van der Waals surface area (Å²) in [5, 5.41) is 0.145. The maximum Gasteiger partial charge on any atom is 0.339 e. The number of ether oxygens (including phenoxy) is 1. The minimum Gasteiger partial charge on any atom is -0.442 e. The molecule has 192 valence electrons. The van der Waals surface area contributed by atoms with Crippen LogP contribution in [0.25, 0.3) is 0 Å². The van der Waals surface area contributed by atoms with Crippen LogP contribution >= 0.6 is 22.6 Å². The summed E-state index contributed by atoms with van der Waals surface area (Å²) in [6.07, 6.45) is 0.225. The van der Waals surface area contributed by atoms with E-state index in [1.165, 1.54) is 0 Å². The van der Waals surface area contributed by atoms with Crippen molar-refractivity contribution in [2.45, 2.75) is 103 Å². The van der Waals surface area contributed by atoms with E-state index in [0.29, 0.717) is 23.0 Å². The standard InChI is InChI=1S/C27H45IO4Si2/c1-25(2,3)33(8,9)30-21-23(32-34(10,11)26(4,5)6)20-27(7,18-15-19-28)31-24(29)22-16-13-12-14-17-22/h12-14,16-17,23H,19-21H2,1-11H3/t23-,27?/m0/s1. The fraction of sp³-hybridized carbons (Fsp3) is 0.667. The van der Waals surface area contributed by atoms with E-state index in [-0.39, 0.29) is 22.1 Å². The molecule has 1 aromatic rings. The van der Waals surface area contributed by atoms with Crippen LogP contribution in [0.1, 0.15) is 65.2 Å². The number of benzene rings is 1. The smallest absolute Gasteiger partial charge is 0.339 e. The molecule has 0 aliphatic carbocycles. The zero-order chi connectivity index (χ0) is 26.4. The first-order valence-electron chi connectivity index (χ1n) is 12.0. The third kappa shape index (κ3) is 9.42. The highest BCUT2D eigenvalue weighted by Gasteiger charge is 2.43. The fourth-order valence-corrected chi connectivity index (χ4v) is 5.42. The van der Waals surface area contributed by atoms with Crippen molar-refractivity contribution in [1.29, 1.82) is 0 Å². The van der Waals surface area contributed by atoms with Gasteiger partial charge < -0.3 is 13.6 Å². The van der Waals surface area contributed by atoms with Crippen molar-refractivity contribution < 1.29 is 18.4 Å². The van der Waals surface area contributed by atoms with E-state index in [1.54, 1.807) is 12.1 Å². The number of rotatable bonds is 9. The lowest BCUT2D eigenvalue weighted by Gasteiger charge is -2.42. The average molecular weight is 617 g/mol. The molecule has 0 saturated carbocycles. The molecule has 0 bridgehead atoms. The third-order valence-corrected chi connectivity index (χ3v) is 16.5. The average Bonchev–Trinajstić information content (AvgIpc) is 2.69. The zero-order valence-electron chi connectivity index (χ0n) is 23.1. The number of alkyl halides is 1. The summed E-state index contributed by atoms with van der Waals surface area (Å²) in [6, 6.07) is 9.08. The molecule has 7 heteroatoms. The van der Waals surface area contributed by atoms with Crippen molar-refractivity contribution in [3.63, 3.8) is 0 Å². The first kappa shape index (κ1) is 31.4. The number of carbonyl (C=O) groups is 1. The van der Waals surface area contributed by atoms with E-state index in [4.69, 9.17) is 13.6 Å². The Bertz CT molecular complexity index is 861. The third-order valence-electron chi connectivity index (χ3n) is 7.07. The highest BCUT2D eigenvalue weighted by atomic mass is 127. The van der Waals surface area contributed by atoms with Crippen molar-refractivity contribution in [1.82, 2.24) is 0 Å². The molecule has 0 spiro atoms. The fourth-order valence-electron chi connectivity index (χ4n) is 2.86. The normalized spacial score (nSPS) is 15.6. The monoisotopic (exact) mass is 616 g/mol. The van der Waals surface area contributed by atoms with Gasteiger partial charge in [0.25, 0.3) is 0 Å². The zero-order valence-corrected chi connectivity index (χ0v) is 27.3. The Morgan fingerprint density at radius 1 is 0.941 bits per heavy atom. The van der Waals surface area contributed by atoms with Crippen LogP contribution in [0.5, 0.6) is 0 Å². The Morgan fingerprint density at radius 2 is 1.47 bits per heavy atom. The summed E-state index contributed by atoms with van der Waals surface area (Å²) in [7, 11) is -4.08. The van der Waals surface area contributed by atoms with Crippen molar-refractivity contribution in [3.8, 4) is 11.8 Å². The number of hydrogen-bond acceptors (Lipinski definition) is 4. The predicted molar refractivity (Wildman–Crippen MR) is 157 cm³/mol. The molecular weight excluding hydrogens is 571 g/mol. The predicted octanol–water partition coefficient (Wildman–Crippen LogP) is 7.84. The maximum atomic E-state index is 12.9. The maximum absolute atomic E-state index is 12.9. The second-order valence-corrected chi connectivity index (χ2v) is 22.5. The van der Waals surface area contributed by atoms with Crippen LogP contribution in [-0.4, -0.2) is 45.3 Å². The summed E-state index contributed by atoms with van der Waals surface area (Å²) < 4.78 is 20.1. The van der Waals surface area contributed by atoms with Gasteiger partial charge in [-0.1, -0.05) is 94.2 Å². The van der Waals surface area contributed by atoms with E-state index in [2.05, 4.69) is 102 Å². The number of hydrogen-bond donors (Lipinski definition) is 0. The van der Waals surface area contributed by atoms with Gasteiger partial charge in [-0.3, -0.25) is 0 Å². The summed E-state index contributed by atoms with van der Waals surface area (Å²) >= 11 is 2.22. The number of esters is 1. The van der Waals surface area contributed by atoms with Gasteiger partial charge in [-0.25, -0.2) is 4.79 Å². The van der Waals surface area contributed by atoms with Crippen LogP contribution in [-0.2, 0) is 13.6 Å². The molecule has 1 rings (SSSR count). The van der Waals surface area contributed by atoms with Gasteiger partial charge in [-0.15, -0.1) is 0 Å². The van der Waals surface area contributed by atoms with Gasteiger partial charge in [0.2, 0.25) is 0 Å². The summed E-state index contributed by atoms with van der Waals surface area (Å²) in [5.41, 5.74) is -0.466. The topological polar surface area (TPSA) is 44.8 Å². The lowest BCUT2D eigenvalue weighted by Crippen LogP contribution is -2.50. The van der Waals surface area contributed by atoms with E-state index in [9.17, 15) is 4.79 Å². The van der Waals surface area contributed by atoms with Crippen LogP contribution in [0.2, 0.25) is 36.3 Å². The van der Waals surface area contributed by atoms with E-state index >= 15 is 0 Å². The molecule has 0 heterocycles. The molecule has 2 atom stereocenters. The molecule has 0 N–H and O–H groups in total. The van der Waals surface area contributed by atoms with Gasteiger partial charge in [0.1, 0.15) is 0 Å². The Hall–Kier alpha value is -0.666. The molecule has 0 radical (unpaired) electrons. The van der Waals surface area contributed by atoms with Gasteiger partial charge in [-0.2, -0.15) is 0 Å². The molecule has 0 aromatic heterocycles. The highest BCUT2D eigenvalue weighted by Crippen LogP contribution is 2.40. The summed E-state index contributed by atoms with van der Waals surface area (Å²) in [5.74, 6) is 5.97. The first-order valence-corrected chi connectivity index (χ1v) is 19.3. The largest absolute Gasteiger partial charge is 0.442 e. The molecule has 0 amide bonds. The minimum absolute atomic E-state index is 0.0488. The Kier molecular flexibility index (Phi) is 11.1. The molecule has 34 heavy (non-hydrogen) atoms. The molecule has 1 unspecified atom stereocenters. The Morgan fingerprint density at radius 3 is 1.94 bits per heavy atom. The molecule has 0 aliphatic rings.